The second-order valence-corrected chi connectivity index (χ2v) is 20.5. The fraction of sp³-hybridized carbons (Fsp3) is 0.103. The van der Waals surface area contributed by atoms with Crippen molar-refractivity contribution in [3.63, 3.8) is 0 Å². The van der Waals surface area contributed by atoms with Crippen LogP contribution in [0, 0.1) is 24.7 Å². The Morgan fingerprint density at radius 1 is 0.339 bits per heavy atom. The van der Waals surface area contributed by atoms with Gasteiger partial charge in [-0.15, -0.1) is 35.4 Å². The van der Waals surface area contributed by atoms with E-state index >= 15 is 0 Å². The maximum absolute atomic E-state index is 7.12. The molecular formula is C58H48Au2P2+2. The van der Waals surface area contributed by atoms with Crippen LogP contribution in [0.1, 0.15) is 46.2 Å². The number of unbranched alkanes of at least 4 members (excludes halogenated alkanes) is 1. The molecule has 0 spiro atoms. The molecule has 62 heavy (non-hydrogen) atoms. The number of hydrogen-bond acceptors (Lipinski definition) is 0. The molecular weight excluding hydrogens is 1150 g/mol. The molecule has 0 radical (unpaired) electrons. The first-order valence-corrected chi connectivity index (χ1v) is 24.3. The van der Waals surface area contributed by atoms with Crippen LogP contribution in [0.4, 0.5) is 0 Å². The van der Waals surface area contributed by atoms with Crippen LogP contribution in [0.5, 0.6) is 0 Å². The monoisotopic (exact) mass is 1200 g/mol. The number of rotatable bonds is 9. The van der Waals surface area contributed by atoms with Gasteiger partial charge in [0.25, 0.3) is 0 Å². The van der Waals surface area contributed by atoms with Crippen molar-refractivity contribution in [2.45, 2.75) is 25.7 Å². The van der Waals surface area contributed by atoms with Crippen molar-refractivity contribution in [1.29, 1.82) is 0 Å². The van der Waals surface area contributed by atoms with Crippen molar-refractivity contribution in [2.24, 2.45) is 0 Å². The zero-order valence-electron chi connectivity index (χ0n) is 34.5. The molecule has 4 heteroatoms. The molecule has 0 aromatic heterocycles. The van der Waals surface area contributed by atoms with Crippen LogP contribution in [0.3, 0.4) is 0 Å². The van der Waals surface area contributed by atoms with Crippen LogP contribution in [0.15, 0.2) is 206 Å². The Morgan fingerprint density at radius 2 is 0.629 bits per heavy atom. The van der Waals surface area contributed by atoms with Gasteiger partial charge in [0, 0.05) is 0 Å². The van der Waals surface area contributed by atoms with E-state index < -0.39 is 15.8 Å². The van der Waals surface area contributed by atoms with E-state index in [1.54, 1.807) is 0 Å². The normalized spacial score (nSPS) is 11.0. The van der Waals surface area contributed by atoms with Gasteiger partial charge in [-0.1, -0.05) is 145 Å². The van der Waals surface area contributed by atoms with Crippen molar-refractivity contribution >= 4 is 37.1 Å². The molecule has 0 N–H and O–H groups in total. The first-order chi connectivity index (χ1) is 29.7. The zero-order chi connectivity index (χ0) is 40.9. The molecule has 0 aliphatic heterocycles. The molecule has 0 unspecified atom stereocenters. The smallest absolute Gasteiger partial charge is 0.366 e. The largest absolute Gasteiger partial charge is 1.00 e. The van der Waals surface area contributed by atoms with Gasteiger partial charge in [0.15, 0.2) is 0 Å². The van der Waals surface area contributed by atoms with Gasteiger partial charge in [-0.2, -0.15) is 0 Å². The summed E-state index contributed by atoms with van der Waals surface area (Å²) in [7, 11) is -1.43. The Balaban J connectivity index is 0.000000168. The summed E-state index contributed by atoms with van der Waals surface area (Å²) in [6.07, 6.45) is 21.4. The Morgan fingerprint density at radius 3 is 0.952 bits per heavy atom. The van der Waals surface area contributed by atoms with E-state index in [0.717, 1.165) is 24.0 Å². The van der Waals surface area contributed by atoms with Crippen molar-refractivity contribution < 1.29 is 44.8 Å². The first kappa shape index (κ1) is 46.7. The van der Waals surface area contributed by atoms with Crippen LogP contribution in [0.25, 0.3) is 22.3 Å². The molecule has 310 valence electrons. The number of fused-ring (bicyclic) bond motifs is 6. The molecule has 2 aliphatic carbocycles. The third kappa shape index (κ3) is 11.6. The summed E-state index contributed by atoms with van der Waals surface area (Å²) in [5.74, 6) is 4.87. The first-order valence-electron chi connectivity index (χ1n) is 20.9. The van der Waals surface area contributed by atoms with E-state index in [4.69, 9.17) is 12.8 Å². The quantitative estimate of drug-likeness (QED) is 0.0444. The maximum atomic E-state index is 7.12. The fourth-order valence-electron chi connectivity index (χ4n) is 8.52. The molecule has 0 bridgehead atoms. The molecule has 0 saturated carbocycles. The van der Waals surface area contributed by atoms with Gasteiger partial charge in [-0.05, 0) is 108 Å². The molecule has 10 rings (SSSR count). The summed E-state index contributed by atoms with van der Waals surface area (Å²) >= 11 is 0. The van der Waals surface area contributed by atoms with E-state index in [0.29, 0.717) is 0 Å². The van der Waals surface area contributed by atoms with Crippen molar-refractivity contribution in [2.75, 3.05) is 12.3 Å². The molecule has 8 aromatic carbocycles. The van der Waals surface area contributed by atoms with Crippen LogP contribution >= 0.6 is 15.8 Å². The predicted molar refractivity (Wildman–Crippen MR) is 262 cm³/mol. The average Bonchev–Trinajstić information content (AvgIpc) is 3.89. The number of benzene rings is 8. The molecule has 0 atom stereocenters. The van der Waals surface area contributed by atoms with Crippen molar-refractivity contribution in [3.05, 3.63) is 252 Å². The summed E-state index contributed by atoms with van der Waals surface area (Å²) < 4.78 is 0. The second-order valence-electron chi connectivity index (χ2n) is 15.3. The summed E-state index contributed by atoms with van der Waals surface area (Å²) in [4.78, 5) is 0. The molecule has 0 heterocycles. The fourth-order valence-corrected chi connectivity index (χ4v) is 13.9. The van der Waals surface area contributed by atoms with E-state index in [2.05, 4.69) is 206 Å². The molecule has 2 aliphatic rings. The van der Waals surface area contributed by atoms with Gasteiger partial charge in [0.2, 0.25) is 0 Å². The summed E-state index contributed by atoms with van der Waals surface area (Å²) in [6, 6.07) is 73.8. The van der Waals surface area contributed by atoms with Gasteiger partial charge >= 0.3 is 44.8 Å². The average molecular weight is 1200 g/mol. The SMILES string of the molecule is [Au+].[Au+].[C-]#Cc1ccc2c(c1)Cc1ccccc1-2.[C-]#Cc1ccc2c(c1)Cc1ccccc1-2.c1ccc([PH+](CCCC[PH+](c2ccccc2)c2ccccc2)c2ccccc2)cc1. The van der Waals surface area contributed by atoms with Gasteiger partial charge in [0.05, 0.1) is 49.4 Å². The van der Waals surface area contributed by atoms with E-state index in [1.807, 2.05) is 12.1 Å². The van der Waals surface area contributed by atoms with Crippen molar-refractivity contribution in [1.82, 2.24) is 0 Å². The van der Waals surface area contributed by atoms with E-state index in [9.17, 15) is 0 Å². The van der Waals surface area contributed by atoms with Gasteiger partial charge < -0.3 is 12.8 Å². The Labute approximate surface area is 403 Å². The minimum Gasteiger partial charge on any atom is -0.366 e. The Bertz CT molecular complexity index is 2470. The zero-order valence-corrected chi connectivity index (χ0v) is 40.8. The summed E-state index contributed by atoms with van der Waals surface area (Å²) in [6.45, 7) is 0. The van der Waals surface area contributed by atoms with E-state index in [-0.39, 0.29) is 44.8 Å². The minimum absolute atomic E-state index is 0. The molecule has 0 amide bonds. The molecule has 8 aromatic rings. The van der Waals surface area contributed by atoms with Crippen LogP contribution in [-0.2, 0) is 57.6 Å². The van der Waals surface area contributed by atoms with Gasteiger partial charge in [-0.25, -0.2) is 0 Å². The van der Waals surface area contributed by atoms with Gasteiger partial charge in [0.1, 0.15) is 0 Å². The molecule has 0 fully saturated rings. The minimum atomic E-state index is -0.714. The number of hydrogen-bond donors (Lipinski definition) is 0. The Hall–Kier alpha value is -4.78. The third-order valence-corrected chi connectivity index (χ3v) is 17.3. The van der Waals surface area contributed by atoms with Crippen LogP contribution in [0.2, 0.25) is 0 Å². The predicted octanol–water partition coefficient (Wildman–Crippen LogP) is 11.9. The second kappa shape index (κ2) is 23.6. The third-order valence-electron chi connectivity index (χ3n) is 11.5. The van der Waals surface area contributed by atoms with Crippen molar-refractivity contribution in [3.8, 4) is 34.1 Å². The van der Waals surface area contributed by atoms with Crippen LogP contribution < -0.4 is 21.2 Å². The summed E-state index contributed by atoms with van der Waals surface area (Å²) in [5, 5.41) is 6.13. The van der Waals surface area contributed by atoms with Gasteiger partial charge in [-0.3, -0.25) is 11.8 Å². The van der Waals surface area contributed by atoms with E-state index in [1.165, 1.54) is 90.9 Å². The standard InChI is InChI=1S/C28H28P2.2C15H9.2Au/c1-5-15-25(16-6-1)29(26-17-7-2-8-18-26)23-13-14-24-30(27-19-9-3-10-20-27)28-21-11-4-12-22-28;2*1-2-11-7-8-15-13(9-11)10-12-5-3-4-6-14(12)15;;/h1-12,15-22H,13-14,23-24H2;2*3-9H,10H2;;/q;2*-1;2*+1/p+2. The summed E-state index contributed by atoms with van der Waals surface area (Å²) in [5.41, 5.74) is 12.4. The molecule has 0 saturated heterocycles. The van der Waals surface area contributed by atoms with Crippen LogP contribution in [-0.4, -0.2) is 12.3 Å². The maximum Gasteiger partial charge on any atom is 1.00 e. The topological polar surface area (TPSA) is 0 Å². The molecule has 0 nitrogen and oxygen atoms in total. The Kier molecular flexibility index (Phi) is 17.8.